The molecule has 9 rings (SSSR count). The third kappa shape index (κ3) is 2.48. The molecule has 9 heteroatoms. The van der Waals surface area contributed by atoms with Gasteiger partial charge in [0.2, 0.25) is 0 Å². The molecular formula is C27H27NO8. The Kier molecular flexibility index (Phi) is 4.21. The van der Waals surface area contributed by atoms with Gasteiger partial charge >= 0.3 is 0 Å². The predicted molar refractivity (Wildman–Crippen MR) is 122 cm³/mol. The van der Waals surface area contributed by atoms with E-state index >= 15 is 0 Å². The van der Waals surface area contributed by atoms with Crippen molar-refractivity contribution in [3.05, 3.63) is 58.9 Å². The van der Waals surface area contributed by atoms with Gasteiger partial charge in [-0.05, 0) is 25.0 Å². The predicted octanol–water partition coefficient (Wildman–Crippen LogP) is 1.03. The molecule has 0 radical (unpaired) electrons. The fourth-order valence-corrected chi connectivity index (χ4v) is 7.76. The Hall–Kier alpha value is -2.56. The first-order valence-corrected chi connectivity index (χ1v) is 12.7. The normalized spacial score (nSPS) is 50.2. The Bertz CT molecular complexity index is 1260. The van der Waals surface area contributed by atoms with Crippen LogP contribution in [0.4, 0.5) is 0 Å². The summed E-state index contributed by atoms with van der Waals surface area (Å²) < 4.78 is 24.2. The van der Waals surface area contributed by atoms with Crippen molar-refractivity contribution in [3.63, 3.8) is 0 Å². The summed E-state index contributed by atoms with van der Waals surface area (Å²) >= 11 is 0. The van der Waals surface area contributed by atoms with E-state index in [1.807, 2.05) is 44.2 Å². The standard InChI is InChI=1S/C27H27NO8/c1-10-14-15-16(20(31)23-22(35-23)19(15)30)26(34-10)27-13(9-32-11(2)17(14)27)18(29)21-24(36-21)25(27)28-33-8-12-6-4-3-5-7-12/h3-7,9-11,14,17-18,20-24,26,29,31H,8H2,1-2H3/t10-,11+,14-,17-,18+,20+,21-,22+,23-,24-,26+,27-/m1/s1. The van der Waals surface area contributed by atoms with Crippen LogP contribution in [0.1, 0.15) is 19.4 Å². The molecule has 1 aromatic carbocycles. The number of hydrogen-bond acceptors (Lipinski definition) is 9. The summed E-state index contributed by atoms with van der Waals surface area (Å²) in [4.78, 5) is 19.3. The summed E-state index contributed by atoms with van der Waals surface area (Å²) in [6, 6.07) is 9.75. The highest BCUT2D eigenvalue weighted by atomic mass is 16.6. The number of epoxide rings is 2. The zero-order valence-electron chi connectivity index (χ0n) is 19.8. The SMILES string of the molecule is C[C@@H]1OC=C2[C@H](O)[C@H]3O[C@H]3C(=NOCc3ccccc3)[C@]23[C@H]1[C@H]1C2=C([C@H](O)[C@H]4O[C@H]4C2=O)[C@@H]3O[C@@H]1C. The Morgan fingerprint density at radius 1 is 1.00 bits per heavy atom. The lowest BCUT2D eigenvalue weighted by Gasteiger charge is -2.64. The second-order valence-electron chi connectivity index (χ2n) is 11.0. The number of rotatable bonds is 3. The van der Waals surface area contributed by atoms with Gasteiger partial charge in [0, 0.05) is 23.0 Å². The summed E-state index contributed by atoms with van der Waals surface area (Å²) in [5, 5.41) is 27.3. The van der Waals surface area contributed by atoms with Gasteiger partial charge in [-0.15, -0.1) is 0 Å². The molecule has 1 saturated carbocycles. The van der Waals surface area contributed by atoms with Crippen LogP contribution in [0.2, 0.25) is 0 Å². The largest absolute Gasteiger partial charge is 0.498 e. The van der Waals surface area contributed by atoms with E-state index in [4.69, 9.17) is 23.8 Å². The van der Waals surface area contributed by atoms with Gasteiger partial charge in [-0.3, -0.25) is 4.79 Å². The fraction of sp³-hybridized carbons (Fsp3) is 0.556. The van der Waals surface area contributed by atoms with E-state index in [1.165, 1.54) is 0 Å². The molecule has 36 heavy (non-hydrogen) atoms. The quantitative estimate of drug-likeness (QED) is 0.473. The van der Waals surface area contributed by atoms with E-state index in [0.29, 0.717) is 22.4 Å². The molecule has 0 aromatic heterocycles. The first kappa shape index (κ1) is 21.5. The molecule has 8 aliphatic rings. The van der Waals surface area contributed by atoms with Gasteiger partial charge in [0.15, 0.2) is 5.78 Å². The molecule has 0 unspecified atom stereocenters. The molecule has 2 bridgehead atoms. The Morgan fingerprint density at radius 2 is 1.75 bits per heavy atom. The lowest BCUT2D eigenvalue weighted by atomic mass is 9.45. The molecule has 5 aliphatic heterocycles. The lowest BCUT2D eigenvalue weighted by Crippen LogP contribution is -2.72. The maximum Gasteiger partial charge on any atom is 0.190 e. The third-order valence-electron chi connectivity index (χ3n) is 9.27. The molecular weight excluding hydrogens is 466 g/mol. The van der Waals surface area contributed by atoms with Crippen molar-refractivity contribution in [1.82, 2.24) is 0 Å². The van der Waals surface area contributed by atoms with Crippen LogP contribution in [0.3, 0.4) is 0 Å². The molecule has 2 N–H and O–H groups in total. The number of benzene rings is 1. The first-order chi connectivity index (χ1) is 17.4. The van der Waals surface area contributed by atoms with Gasteiger partial charge in [0.25, 0.3) is 0 Å². The third-order valence-corrected chi connectivity index (χ3v) is 9.27. The van der Waals surface area contributed by atoms with Crippen molar-refractivity contribution < 1.29 is 38.8 Å². The van der Waals surface area contributed by atoms with Crippen LogP contribution in [-0.4, -0.2) is 76.6 Å². The summed E-state index contributed by atoms with van der Waals surface area (Å²) in [6.07, 6.45) is -3.61. The van der Waals surface area contributed by atoms with Gasteiger partial charge in [0.1, 0.15) is 48.9 Å². The number of carbonyl (C=O) groups is 1. The Morgan fingerprint density at radius 3 is 2.56 bits per heavy atom. The van der Waals surface area contributed by atoms with Crippen LogP contribution in [0, 0.1) is 17.3 Å². The maximum atomic E-state index is 13.4. The second-order valence-corrected chi connectivity index (χ2v) is 11.0. The number of hydrogen-bond donors (Lipinski definition) is 2. The van der Waals surface area contributed by atoms with Crippen LogP contribution in [0.15, 0.2) is 58.5 Å². The number of Topliss-reactive ketones (excluding diaryl/α,β-unsaturated/α-hetero) is 1. The van der Waals surface area contributed by atoms with E-state index in [-0.39, 0.29) is 36.4 Å². The second kappa shape index (κ2) is 7.05. The number of ether oxygens (including phenoxy) is 4. The first-order valence-electron chi connectivity index (χ1n) is 12.7. The molecule has 1 aromatic rings. The zero-order chi connectivity index (χ0) is 24.5. The van der Waals surface area contributed by atoms with Crippen molar-refractivity contribution in [2.24, 2.45) is 22.4 Å². The topological polar surface area (TPSA) is 123 Å². The van der Waals surface area contributed by atoms with Crippen LogP contribution in [-0.2, 0) is 35.2 Å². The minimum absolute atomic E-state index is 0.0701. The van der Waals surface area contributed by atoms with Gasteiger partial charge in [0.05, 0.1) is 30.0 Å². The molecule has 1 spiro atoms. The van der Waals surface area contributed by atoms with Crippen LogP contribution in [0.25, 0.3) is 0 Å². The van der Waals surface area contributed by atoms with Crippen LogP contribution < -0.4 is 0 Å². The summed E-state index contributed by atoms with van der Waals surface area (Å²) in [6.45, 7) is 4.20. The maximum absolute atomic E-state index is 13.4. The van der Waals surface area contributed by atoms with E-state index in [2.05, 4.69) is 5.16 Å². The fourth-order valence-electron chi connectivity index (χ4n) is 7.76. The van der Waals surface area contributed by atoms with E-state index in [1.54, 1.807) is 6.26 Å². The van der Waals surface area contributed by atoms with Gasteiger partial charge in [-0.25, -0.2) is 0 Å². The summed E-state index contributed by atoms with van der Waals surface area (Å²) in [5.41, 5.74) is 2.41. The summed E-state index contributed by atoms with van der Waals surface area (Å²) in [7, 11) is 0. The van der Waals surface area contributed by atoms with Crippen LogP contribution >= 0.6 is 0 Å². The number of aliphatic hydroxyl groups is 2. The van der Waals surface area contributed by atoms with E-state index in [9.17, 15) is 15.0 Å². The number of nitrogens with zero attached hydrogens (tertiary/aromatic N) is 1. The highest BCUT2D eigenvalue weighted by Gasteiger charge is 2.78. The smallest absolute Gasteiger partial charge is 0.190 e. The molecule has 12 atom stereocenters. The van der Waals surface area contributed by atoms with Crippen molar-refractivity contribution in [2.75, 3.05) is 0 Å². The van der Waals surface area contributed by atoms with Crippen LogP contribution in [0.5, 0.6) is 0 Å². The van der Waals surface area contributed by atoms with Crippen molar-refractivity contribution in [1.29, 1.82) is 0 Å². The average molecular weight is 494 g/mol. The Balaban J connectivity index is 1.31. The van der Waals surface area contributed by atoms with Gasteiger partial charge in [-0.1, -0.05) is 35.5 Å². The average Bonchev–Trinajstić information content (AvgIpc) is 3.79. The zero-order valence-corrected chi connectivity index (χ0v) is 19.8. The van der Waals surface area contributed by atoms with E-state index in [0.717, 1.165) is 5.56 Å². The van der Waals surface area contributed by atoms with Gasteiger partial charge < -0.3 is 34.0 Å². The minimum atomic E-state index is -0.968. The molecule has 5 heterocycles. The molecule has 188 valence electrons. The monoisotopic (exact) mass is 493 g/mol. The molecule has 0 amide bonds. The molecule has 4 fully saturated rings. The van der Waals surface area contributed by atoms with Crippen molar-refractivity contribution in [2.45, 2.75) is 75.4 Å². The number of fused-ring (bicyclic) bond motifs is 3. The highest BCUT2D eigenvalue weighted by molar-refractivity contribution is 6.07. The Labute approximate surface area is 207 Å². The molecule has 3 saturated heterocycles. The van der Waals surface area contributed by atoms with Crippen molar-refractivity contribution >= 4 is 11.5 Å². The molecule has 3 aliphatic carbocycles. The minimum Gasteiger partial charge on any atom is -0.498 e. The number of ketones is 1. The number of oxime groups is 1. The highest BCUT2D eigenvalue weighted by Crippen LogP contribution is 2.68. The molecule has 9 nitrogen and oxygen atoms in total. The lowest BCUT2D eigenvalue weighted by molar-refractivity contribution is -0.187. The van der Waals surface area contributed by atoms with Crippen molar-refractivity contribution in [3.8, 4) is 0 Å². The number of carbonyl (C=O) groups excluding carboxylic acids is 1. The van der Waals surface area contributed by atoms with Gasteiger partial charge in [-0.2, -0.15) is 0 Å². The van der Waals surface area contributed by atoms with E-state index < -0.39 is 48.1 Å². The summed E-state index contributed by atoms with van der Waals surface area (Å²) in [5.74, 6) is -0.701. The number of aliphatic hydroxyl groups excluding tert-OH is 2.